The minimum atomic E-state index is -3.90. The summed E-state index contributed by atoms with van der Waals surface area (Å²) in [6, 6.07) is 10.4. The van der Waals surface area contributed by atoms with Gasteiger partial charge in [-0.25, -0.2) is 23.3 Å². The molecule has 0 bridgehead atoms. The monoisotopic (exact) mass is 538 g/mol. The first-order valence-electron chi connectivity index (χ1n) is 11.2. The summed E-state index contributed by atoms with van der Waals surface area (Å²) in [6.07, 6.45) is 4.21. The number of aryl methyl sites for hydroxylation is 1. The number of hydrogen-bond donors (Lipinski definition) is 3. The lowest BCUT2D eigenvalue weighted by molar-refractivity contribution is -0.131. The Morgan fingerprint density at radius 2 is 1.97 bits per heavy atom. The van der Waals surface area contributed by atoms with E-state index >= 15 is 0 Å². The standard InChI is InChI=1S/C24H27FN4O5S.ClH/c1-24(23(31)28-32,35(2,33)34)9-10-29-14-27-21-12-16(4-8-19(21)22(29)30)18-7-3-15(11-20(18)25)13-26-17-5-6-17;/h3-4,7-8,11-12,14,17,26,32H,5-6,9-10,13H2,1-2H3,(H,28,31);1H/t24-;/m1./s1. The van der Waals surface area contributed by atoms with Gasteiger partial charge in [0.25, 0.3) is 11.5 Å². The average Bonchev–Trinajstić information content (AvgIpc) is 3.65. The van der Waals surface area contributed by atoms with Gasteiger partial charge in [0.05, 0.1) is 17.2 Å². The molecule has 0 aliphatic heterocycles. The van der Waals surface area contributed by atoms with Crippen molar-refractivity contribution in [2.24, 2.45) is 0 Å². The van der Waals surface area contributed by atoms with E-state index in [0.717, 1.165) is 24.7 Å². The van der Waals surface area contributed by atoms with E-state index in [2.05, 4.69) is 10.3 Å². The van der Waals surface area contributed by atoms with Crippen LogP contribution in [0.4, 0.5) is 4.39 Å². The molecule has 2 aromatic carbocycles. The molecule has 9 nitrogen and oxygen atoms in total. The van der Waals surface area contributed by atoms with Gasteiger partial charge in [-0.3, -0.25) is 19.4 Å². The molecule has 12 heteroatoms. The Labute approximate surface area is 214 Å². The molecule has 1 aliphatic carbocycles. The second kappa shape index (κ2) is 10.6. The van der Waals surface area contributed by atoms with Crippen LogP contribution >= 0.6 is 12.4 Å². The normalized spacial score (nSPS) is 15.2. The number of nitrogens with zero attached hydrogens (tertiary/aromatic N) is 2. The number of halogens is 2. The van der Waals surface area contributed by atoms with Crippen LogP contribution in [0.1, 0.15) is 31.7 Å². The number of hydroxylamine groups is 1. The van der Waals surface area contributed by atoms with Crippen molar-refractivity contribution in [2.75, 3.05) is 6.26 Å². The Kier molecular flexibility index (Phi) is 8.19. The molecule has 0 saturated heterocycles. The minimum absolute atomic E-state index is 0. The van der Waals surface area contributed by atoms with Gasteiger partial charge in [0.15, 0.2) is 14.6 Å². The molecule has 194 valence electrons. The summed E-state index contributed by atoms with van der Waals surface area (Å²) in [5, 5.41) is 12.6. The van der Waals surface area contributed by atoms with E-state index in [0.29, 0.717) is 29.2 Å². The van der Waals surface area contributed by atoms with Gasteiger partial charge < -0.3 is 5.32 Å². The molecule has 0 spiro atoms. The van der Waals surface area contributed by atoms with E-state index in [1.165, 1.54) is 29.4 Å². The first-order valence-corrected chi connectivity index (χ1v) is 13.1. The van der Waals surface area contributed by atoms with E-state index in [9.17, 15) is 22.4 Å². The first kappa shape index (κ1) is 27.7. The first-order chi connectivity index (χ1) is 16.5. The third kappa shape index (κ3) is 5.59. The van der Waals surface area contributed by atoms with Gasteiger partial charge in [-0.05, 0) is 55.5 Å². The lowest BCUT2D eigenvalue weighted by Crippen LogP contribution is -2.50. The Morgan fingerprint density at radius 1 is 1.25 bits per heavy atom. The molecule has 1 amide bonds. The molecule has 1 atom stereocenters. The van der Waals surface area contributed by atoms with Gasteiger partial charge in [-0.1, -0.05) is 18.2 Å². The van der Waals surface area contributed by atoms with Crippen LogP contribution in [0.25, 0.3) is 22.0 Å². The summed E-state index contributed by atoms with van der Waals surface area (Å²) in [4.78, 5) is 29.3. The van der Waals surface area contributed by atoms with Crippen molar-refractivity contribution in [3.8, 4) is 11.1 Å². The van der Waals surface area contributed by atoms with Gasteiger partial charge in [-0.2, -0.15) is 0 Å². The Bertz CT molecular complexity index is 1460. The van der Waals surface area contributed by atoms with Crippen LogP contribution in [0, 0.1) is 5.82 Å². The topological polar surface area (TPSA) is 130 Å². The van der Waals surface area contributed by atoms with Gasteiger partial charge >= 0.3 is 0 Å². The number of fused-ring (bicyclic) bond motifs is 1. The molecule has 4 rings (SSSR count). The van der Waals surface area contributed by atoms with Crippen LogP contribution in [0.3, 0.4) is 0 Å². The fourth-order valence-corrected chi connectivity index (χ4v) is 4.70. The smallest absolute Gasteiger partial charge is 0.264 e. The lowest BCUT2D eigenvalue weighted by Gasteiger charge is -2.25. The van der Waals surface area contributed by atoms with Crippen molar-refractivity contribution in [3.63, 3.8) is 0 Å². The maximum absolute atomic E-state index is 14.8. The Hall–Kier alpha value is -2.86. The third-order valence-corrected chi connectivity index (χ3v) is 8.60. The van der Waals surface area contributed by atoms with Crippen molar-refractivity contribution in [2.45, 2.75) is 50.1 Å². The van der Waals surface area contributed by atoms with Crippen molar-refractivity contribution in [1.82, 2.24) is 20.3 Å². The van der Waals surface area contributed by atoms with Crippen molar-refractivity contribution >= 4 is 39.1 Å². The van der Waals surface area contributed by atoms with Crippen LogP contribution < -0.4 is 16.4 Å². The Balaban J connectivity index is 0.00000361. The summed E-state index contributed by atoms with van der Waals surface area (Å²) >= 11 is 0. The molecule has 1 saturated carbocycles. The van der Waals surface area contributed by atoms with E-state index in [1.807, 2.05) is 6.07 Å². The zero-order valence-corrected chi connectivity index (χ0v) is 21.5. The predicted octanol–water partition coefficient (Wildman–Crippen LogP) is 2.58. The van der Waals surface area contributed by atoms with Crippen molar-refractivity contribution in [1.29, 1.82) is 0 Å². The number of carbonyl (C=O) groups is 1. The number of nitrogens with one attached hydrogen (secondary N) is 2. The van der Waals surface area contributed by atoms with Crippen molar-refractivity contribution in [3.05, 3.63) is 64.5 Å². The number of rotatable bonds is 9. The van der Waals surface area contributed by atoms with Crippen LogP contribution in [0.15, 0.2) is 47.5 Å². The summed E-state index contributed by atoms with van der Waals surface area (Å²) in [5.74, 6) is -1.45. The molecule has 1 aliphatic rings. The number of amides is 1. The van der Waals surface area contributed by atoms with Gasteiger partial charge in [0.2, 0.25) is 0 Å². The zero-order valence-electron chi connectivity index (χ0n) is 19.8. The maximum Gasteiger partial charge on any atom is 0.264 e. The third-order valence-electron chi connectivity index (χ3n) is 6.57. The Morgan fingerprint density at radius 3 is 2.58 bits per heavy atom. The largest absolute Gasteiger partial charge is 0.310 e. The van der Waals surface area contributed by atoms with Gasteiger partial charge in [0, 0.05) is 31.0 Å². The summed E-state index contributed by atoms with van der Waals surface area (Å²) in [7, 11) is -3.90. The number of sulfone groups is 1. The summed E-state index contributed by atoms with van der Waals surface area (Å²) in [5.41, 5.74) is 3.14. The predicted molar refractivity (Wildman–Crippen MR) is 136 cm³/mol. The molecule has 3 aromatic rings. The van der Waals surface area contributed by atoms with Gasteiger partial charge in [0.1, 0.15) is 5.82 Å². The highest BCUT2D eigenvalue weighted by Gasteiger charge is 2.43. The summed E-state index contributed by atoms with van der Waals surface area (Å²) < 4.78 is 38.4. The van der Waals surface area contributed by atoms with E-state index < -0.39 is 26.1 Å². The molecule has 36 heavy (non-hydrogen) atoms. The molecule has 0 unspecified atom stereocenters. The lowest BCUT2D eigenvalue weighted by atomic mass is 10.0. The average molecular weight is 539 g/mol. The second-order valence-electron chi connectivity index (χ2n) is 9.14. The van der Waals surface area contributed by atoms with Crippen LogP contribution in [-0.4, -0.2) is 46.1 Å². The van der Waals surface area contributed by atoms with E-state index in [4.69, 9.17) is 5.21 Å². The molecule has 3 N–H and O–H groups in total. The van der Waals surface area contributed by atoms with E-state index in [1.54, 1.807) is 24.3 Å². The number of hydrogen-bond acceptors (Lipinski definition) is 7. The van der Waals surface area contributed by atoms with Crippen LogP contribution in [0.2, 0.25) is 0 Å². The van der Waals surface area contributed by atoms with Crippen LogP contribution in [-0.2, 0) is 27.7 Å². The van der Waals surface area contributed by atoms with Crippen molar-refractivity contribution < 1.29 is 22.8 Å². The molecule has 1 fully saturated rings. The fraction of sp³-hybridized carbons (Fsp3) is 0.375. The molecular weight excluding hydrogens is 511 g/mol. The number of benzene rings is 2. The van der Waals surface area contributed by atoms with E-state index in [-0.39, 0.29) is 36.6 Å². The highest BCUT2D eigenvalue weighted by molar-refractivity contribution is 7.92. The quantitative estimate of drug-likeness (QED) is 0.282. The minimum Gasteiger partial charge on any atom is -0.310 e. The highest BCUT2D eigenvalue weighted by Crippen LogP contribution is 2.27. The fourth-order valence-electron chi connectivity index (χ4n) is 3.86. The zero-order chi connectivity index (χ0) is 25.4. The SMILES string of the molecule is C[C@@](CCn1cnc2cc(-c3ccc(CNC4CC4)cc3F)ccc2c1=O)(C(=O)NO)S(C)(=O)=O.Cl. The number of aromatic nitrogens is 2. The molecular formula is C24H28ClFN4O5S. The number of carbonyl (C=O) groups excluding carboxylic acids is 1. The van der Waals surface area contributed by atoms with Gasteiger partial charge in [-0.15, -0.1) is 12.4 Å². The maximum atomic E-state index is 14.8. The molecule has 1 heterocycles. The molecule has 1 aromatic heterocycles. The highest BCUT2D eigenvalue weighted by atomic mass is 35.5. The molecule has 0 radical (unpaired) electrons. The van der Waals surface area contributed by atoms with Crippen LogP contribution in [0.5, 0.6) is 0 Å². The summed E-state index contributed by atoms with van der Waals surface area (Å²) in [6.45, 7) is 1.67. The second-order valence-corrected chi connectivity index (χ2v) is 11.6.